The second-order valence-electron chi connectivity index (χ2n) is 8.39. The van der Waals surface area contributed by atoms with Gasteiger partial charge in [-0.3, -0.25) is 9.69 Å². The van der Waals surface area contributed by atoms with Crippen molar-refractivity contribution in [2.45, 2.75) is 26.2 Å². The molecule has 6 nitrogen and oxygen atoms in total. The molecular weight excluding hydrogens is 501 g/mol. The molecule has 3 aromatic carbocycles. The number of nitrogens with zero attached hydrogens (tertiary/aromatic N) is 2. The van der Waals surface area contributed by atoms with Crippen molar-refractivity contribution in [3.05, 3.63) is 110 Å². The lowest BCUT2D eigenvalue weighted by atomic mass is 10.1. The van der Waals surface area contributed by atoms with E-state index in [1.807, 2.05) is 42.5 Å². The third-order valence-electron chi connectivity index (χ3n) is 5.67. The van der Waals surface area contributed by atoms with Gasteiger partial charge in [0.2, 0.25) is 6.79 Å². The number of carbonyl (C=O) groups is 1. The lowest BCUT2D eigenvalue weighted by Crippen LogP contribution is -2.24. The first-order valence-corrected chi connectivity index (χ1v) is 12.6. The van der Waals surface area contributed by atoms with Crippen molar-refractivity contribution in [1.29, 1.82) is 0 Å². The fourth-order valence-corrected chi connectivity index (χ4v) is 4.81. The van der Waals surface area contributed by atoms with Gasteiger partial charge >= 0.3 is 0 Å². The van der Waals surface area contributed by atoms with Crippen molar-refractivity contribution in [2.24, 2.45) is 0 Å². The average Bonchev–Trinajstić information content (AvgIpc) is 3.54. The molecule has 4 aromatic rings. The topological polar surface area (TPSA) is 63.7 Å². The summed E-state index contributed by atoms with van der Waals surface area (Å²) < 4.78 is 24.1. The van der Waals surface area contributed by atoms with Crippen LogP contribution >= 0.6 is 22.9 Å². The summed E-state index contributed by atoms with van der Waals surface area (Å²) in [6.07, 6.45) is 0. The summed E-state index contributed by atoms with van der Waals surface area (Å²) in [6.45, 7) is 2.44. The van der Waals surface area contributed by atoms with Gasteiger partial charge in [-0.1, -0.05) is 41.9 Å². The Kier molecular flexibility index (Phi) is 7.46. The van der Waals surface area contributed by atoms with Gasteiger partial charge in [0, 0.05) is 30.0 Å². The largest absolute Gasteiger partial charge is 0.454 e. The van der Waals surface area contributed by atoms with E-state index >= 15 is 0 Å². The average molecular weight is 524 g/mol. The molecule has 0 radical (unpaired) electrons. The summed E-state index contributed by atoms with van der Waals surface area (Å²) in [4.78, 5) is 19.4. The zero-order chi connectivity index (χ0) is 24.9. The second kappa shape index (κ2) is 11.1. The Hall–Kier alpha value is -3.46. The Bertz CT molecular complexity index is 1350. The summed E-state index contributed by atoms with van der Waals surface area (Å²) >= 11 is 7.51. The number of fused-ring (bicyclic) bond motifs is 1. The van der Waals surface area contributed by atoms with E-state index in [1.165, 1.54) is 23.5 Å². The molecular formula is C27H23ClFN3O3S. The molecule has 0 aliphatic carbocycles. The van der Waals surface area contributed by atoms with Gasteiger partial charge in [0.1, 0.15) is 16.5 Å². The summed E-state index contributed by atoms with van der Waals surface area (Å²) in [7, 11) is 0. The van der Waals surface area contributed by atoms with E-state index in [1.54, 1.807) is 17.5 Å². The van der Waals surface area contributed by atoms with Crippen molar-refractivity contribution in [3.8, 4) is 11.5 Å². The molecule has 1 aromatic heterocycles. The zero-order valence-corrected chi connectivity index (χ0v) is 20.8. The molecule has 1 N–H and O–H groups in total. The molecule has 0 fully saturated rings. The number of benzene rings is 3. The molecule has 2 heterocycles. The van der Waals surface area contributed by atoms with Gasteiger partial charge in [0.15, 0.2) is 11.5 Å². The maximum absolute atomic E-state index is 13.1. The lowest BCUT2D eigenvalue weighted by Gasteiger charge is -2.22. The fraction of sp³-hybridized carbons (Fsp3) is 0.185. The maximum Gasteiger partial charge on any atom is 0.271 e. The van der Waals surface area contributed by atoms with Gasteiger partial charge in [-0.05, 0) is 53.1 Å². The van der Waals surface area contributed by atoms with Crippen molar-refractivity contribution in [1.82, 2.24) is 15.2 Å². The van der Waals surface area contributed by atoms with Gasteiger partial charge in [-0.25, -0.2) is 9.37 Å². The number of ether oxygens (including phenoxy) is 2. The van der Waals surface area contributed by atoms with Crippen LogP contribution in [0.2, 0.25) is 5.02 Å². The molecule has 0 unspecified atom stereocenters. The van der Waals surface area contributed by atoms with E-state index in [0.29, 0.717) is 36.9 Å². The molecule has 0 bridgehead atoms. The van der Waals surface area contributed by atoms with Crippen LogP contribution in [0.4, 0.5) is 4.39 Å². The molecule has 1 aliphatic rings. The second-order valence-corrected chi connectivity index (χ2v) is 9.77. The van der Waals surface area contributed by atoms with Crippen molar-refractivity contribution < 1.29 is 18.7 Å². The smallest absolute Gasteiger partial charge is 0.271 e. The minimum absolute atomic E-state index is 0.235. The van der Waals surface area contributed by atoms with Crippen LogP contribution in [0.5, 0.6) is 11.5 Å². The molecule has 0 saturated heterocycles. The molecule has 36 heavy (non-hydrogen) atoms. The van der Waals surface area contributed by atoms with Crippen LogP contribution in [-0.4, -0.2) is 22.6 Å². The number of thiazole rings is 1. The van der Waals surface area contributed by atoms with Gasteiger partial charge in [0.05, 0.1) is 6.54 Å². The van der Waals surface area contributed by atoms with Crippen LogP contribution in [-0.2, 0) is 26.2 Å². The monoisotopic (exact) mass is 523 g/mol. The predicted molar refractivity (Wildman–Crippen MR) is 137 cm³/mol. The van der Waals surface area contributed by atoms with Gasteiger partial charge in [0.25, 0.3) is 5.91 Å². The van der Waals surface area contributed by atoms with Crippen LogP contribution in [0.1, 0.15) is 32.2 Å². The third kappa shape index (κ3) is 6.20. The first kappa shape index (κ1) is 24.2. The maximum atomic E-state index is 13.1. The Morgan fingerprint density at radius 2 is 1.64 bits per heavy atom. The molecule has 9 heteroatoms. The number of hydrogen-bond acceptors (Lipinski definition) is 6. The highest BCUT2D eigenvalue weighted by atomic mass is 35.5. The number of aromatic nitrogens is 1. The first-order chi connectivity index (χ1) is 17.5. The van der Waals surface area contributed by atoms with Crippen LogP contribution in [0, 0.1) is 5.82 Å². The number of carbonyl (C=O) groups excluding carboxylic acids is 1. The van der Waals surface area contributed by atoms with Gasteiger partial charge < -0.3 is 14.8 Å². The van der Waals surface area contributed by atoms with Gasteiger partial charge in [-0.15, -0.1) is 11.3 Å². The molecule has 0 spiro atoms. The summed E-state index contributed by atoms with van der Waals surface area (Å²) in [5, 5.41) is 6.12. The lowest BCUT2D eigenvalue weighted by molar-refractivity contribution is 0.0946. The van der Waals surface area contributed by atoms with E-state index in [4.69, 9.17) is 21.1 Å². The third-order valence-corrected chi connectivity index (χ3v) is 6.76. The Morgan fingerprint density at radius 1 is 0.944 bits per heavy atom. The molecule has 0 atom stereocenters. The number of amides is 1. The van der Waals surface area contributed by atoms with E-state index in [2.05, 4.69) is 15.2 Å². The molecule has 0 saturated carbocycles. The van der Waals surface area contributed by atoms with Gasteiger partial charge in [-0.2, -0.15) is 0 Å². The van der Waals surface area contributed by atoms with Crippen LogP contribution in [0.3, 0.4) is 0 Å². The van der Waals surface area contributed by atoms with Crippen LogP contribution in [0.25, 0.3) is 0 Å². The summed E-state index contributed by atoms with van der Waals surface area (Å²) in [5.74, 6) is 0.924. The minimum Gasteiger partial charge on any atom is -0.454 e. The van der Waals surface area contributed by atoms with E-state index in [9.17, 15) is 9.18 Å². The fourth-order valence-electron chi connectivity index (χ4n) is 3.87. The normalized spacial score (nSPS) is 12.2. The van der Waals surface area contributed by atoms with E-state index in [0.717, 1.165) is 33.2 Å². The highest BCUT2D eigenvalue weighted by Crippen LogP contribution is 2.33. The summed E-state index contributed by atoms with van der Waals surface area (Å²) in [5.41, 5.74) is 3.39. The van der Waals surface area contributed by atoms with Crippen LogP contribution in [0.15, 0.2) is 72.1 Å². The minimum atomic E-state index is -0.307. The Balaban J connectivity index is 1.27. The quantitative estimate of drug-likeness (QED) is 0.300. The Labute approximate surface area is 217 Å². The SMILES string of the molecule is O=C(NCc1ccc(F)cc1)c1csc(CN(Cc2ccc(Cl)cc2)Cc2ccc3c(c2)OCO3)n1. The first-order valence-electron chi connectivity index (χ1n) is 11.3. The van der Waals surface area contributed by atoms with Crippen molar-refractivity contribution >= 4 is 28.8 Å². The molecule has 1 aliphatic heterocycles. The molecule has 1 amide bonds. The van der Waals surface area contributed by atoms with E-state index in [-0.39, 0.29) is 18.5 Å². The van der Waals surface area contributed by atoms with Crippen LogP contribution < -0.4 is 14.8 Å². The number of rotatable bonds is 9. The molecule has 5 rings (SSSR count). The highest BCUT2D eigenvalue weighted by molar-refractivity contribution is 7.09. The Morgan fingerprint density at radius 3 is 2.44 bits per heavy atom. The van der Waals surface area contributed by atoms with E-state index < -0.39 is 0 Å². The number of hydrogen-bond donors (Lipinski definition) is 1. The number of halogens is 2. The molecule has 184 valence electrons. The predicted octanol–water partition coefficient (Wildman–Crippen LogP) is 5.80. The van der Waals surface area contributed by atoms with Crippen molar-refractivity contribution in [2.75, 3.05) is 6.79 Å². The highest BCUT2D eigenvalue weighted by Gasteiger charge is 2.17. The standard InChI is InChI=1S/C27H23ClFN3O3S/c28-21-6-1-19(2-7-21)13-32(14-20-5-10-24-25(11-20)35-17-34-24)15-26-31-23(16-36-26)27(33)30-12-18-3-8-22(29)9-4-18/h1-11,16H,12-15,17H2,(H,30,33). The summed E-state index contributed by atoms with van der Waals surface area (Å²) in [6, 6.07) is 19.7. The zero-order valence-electron chi connectivity index (χ0n) is 19.2. The number of nitrogens with one attached hydrogen (secondary N) is 1. The van der Waals surface area contributed by atoms with Crippen molar-refractivity contribution in [3.63, 3.8) is 0 Å².